The van der Waals surface area contributed by atoms with Gasteiger partial charge in [-0.15, -0.1) is 0 Å². The molecule has 1 aliphatic heterocycles. The maximum Gasteiger partial charge on any atom is 0.311 e. The number of methoxy groups -OCH3 is 1. The molecule has 2 aromatic rings. The molecular formula is C24H25N3O3. The molecule has 6 heteroatoms. The quantitative estimate of drug-likeness (QED) is 0.348. The predicted octanol–water partition coefficient (Wildman–Crippen LogP) is 3.21. The van der Waals surface area contributed by atoms with E-state index in [1.165, 1.54) is 30.7 Å². The van der Waals surface area contributed by atoms with Crippen molar-refractivity contribution in [1.29, 1.82) is 0 Å². The number of ketones is 1. The lowest BCUT2D eigenvalue weighted by atomic mass is 9.82. The summed E-state index contributed by atoms with van der Waals surface area (Å²) >= 11 is 0. The van der Waals surface area contributed by atoms with E-state index in [4.69, 9.17) is 4.74 Å². The molecule has 1 fully saturated rings. The molecule has 1 aliphatic carbocycles. The molecular weight excluding hydrogens is 378 g/mol. The van der Waals surface area contributed by atoms with Gasteiger partial charge in [-0.1, -0.05) is 37.1 Å². The highest BCUT2D eigenvalue weighted by atomic mass is 16.5. The number of rotatable bonds is 5. The van der Waals surface area contributed by atoms with Crippen LogP contribution >= 0.6 is 0 Å². The number of fused-ring (bicyclic) bond motifs is 1. The molecule has 0 radical (unpaired) electrons. The van der Waals surface area contributed by atoms with Crippen LogP contribution in [0.25, 0.3) is 5.70 Å². The minimum Gasteiger partial charge on any atom is -0.497 e. The van der Waals surface area contributed by atoms with Crippen molar-refractivity contribution in [2.24, 2.45) is 5.10 Å². The second-order valence-corrected chi connectivity index (χ2v) is 7.84. The summed E-state index contributed by atoms with van der Waals surface area (Å²) in [6.07, 6.45) is 8.34. The Morgan fingerprint density at radius 1 is 1.10 bits per heavy atom. The zero-order chi connectivity index (χ0) is 21.0. The van der Waals surface area contributed by atoms with Crippen LogP contribution in [0.4, 0.5) is 0 Å². The zero-order valence-electron chi connectivity index (χ0n) is 17.0. The molecule has 0 unspecified atom stereocenters. The van der Waals surface area contributed by atoms with Crippen LogP contribution in [-0.4, -0.2) is 30.6 Å². The van der Waals surface area contributed by atoms with E-state index in [-0.39, 0.29) is 5.54 Å². The maximum atomic E-state index is 12.5. The number of hydrazone groups is 1. The van der Waals surface area contributed by atoms with Crippen molar-refractivity contribution in [3.63, 3.8) is 0 Å². The van der Waals surface area contributed by atoms with Gasteiger partial charge in [-0.3, -0.25) is 9.59 Å². The number of benzene rings is 2. The van der Waals surface area contributed by atoms with Gasteiger partial charge in [-0.25, -0.2) is 5.43 Å². The van der Waals surface area contributed by atoms with Gasteiger partial charge < -0.3 is 10.1 Å². The van der Waals surface area contributed by atoms with Crippen molar-refractivity contribution in [2.75, 3.05) is 7.11 Å². The molecule has 0 bridgehead atoms. The van der Waals surface area contributed by atoms with Crippen LogP contribution in [0.15, 0.2) is 59.7 Å². The summed E-state index contributed by atoms with van der Waals surface area (Å²) in [4.78, 5) is 24.8. The van der Waals surface area contributed by atoms with Crippen molar-refractivity contribution in [3.8, 4) is 5.75 Å². The van der Waals surface area contributed by atoms with Gasteiger partial charge in [0.15, 0.2) is 0 Å². The van der Waals surface area contributed by atoms with Crippen molar-refractivity contribution in [3.05, 3.63) is 71.3 Å². The number of nitrogens with one attached hydrogen (secondary N) is 2. The van der Waals surface area contributed by atoms with E-state index < -0.39 is 11.7 Å². The molecule has 1 heterocycles. The fourth-order valence-electron chi connectivity index (χ4n) is 4.27. The van der Waals surface area contributed by atoms with Gasteiger partial charge in [0.2, 0.25) is 5.78 Å². The highest BCUT2D eigenvalue weighted by molar-refractivity contribution is 6.41. The lowest BCUT2D eigenvalue weighted by molar-refractivity contribution is -0.135. The summed E-state index contributed by atoms with van der Waals surface area (Å²) in [5, 5.41) is 7.46. The second-order valence-electron chi connectivity index (χ2n) is 7.84. The van der Waals surface area contributed by atoms with Crippen LogP contribution < -0.4 is 15.5 Å². The molecule has 1 saturated carbocycles. The smallest absolute Gasteiger partial charge is 0.311 e. The first kappa shape index (κ1) is 19.9. The first-order valence-corrected chi connectivity index (χ1v) is 10.2. The Morgan fingerprint density at radius 2 is 1.83 bits per heavy atom. The molecule has 0 atom stereocenters. The third-order valence-corrected chi connectivity index (χ3v) is 5.79. The Kier molecular flexibility index (Phi) is 5.65. The predicted molar refractivity (Wildman–Crippen MR) is 116 cm³/mol. The van der Waals surface area contributed by atoms with Gasteiger partial charge in [0, 0.05) is 22.9 Å². The molecule has 4 rings (SSSR count). The molecule has 1 spiro atoms. The summed E-state index contributed by atoms with van der Waals surface area (Å²) in [5.74, 6) is -0.662. The summed E-state index contributed by atoms with van der Waals surface area (Å²) < 4.78 is 5.10. The molecule has 154 valence electrons. The summed E-state index contributed by atoms with van der Waals surface area (Å²) in [7, 11) is 1.59. The number of amides is 1. The first-order valence-electron chi connectivity index (χ1n) is 10.2. The fraction of sp³-hybridized carbons (Fsp3) is 0.292. The Bertz CT molecular complexity index is 1000. The van der Waals surface area contributed by atoms with Gasteiger partial charge in [0.05, 0.1) is 13.3 Å². The van der Waals surface area contributed by atoms with Crippen LogP contribution in [0.3, 0.4) is 0 Å². The minimum absolute atomic E-state index is 0.0105. The number of nitrogens with zero attached hydrogens (tertiary/aromatic N) is 1. The van der Waals surface area contributed by atoms with Gasteiger partial charge in [-0.05, 0) is 54.7 Å². The van der Waals surface area contributed by atoms with Gasteiger partial charge in [-0.2, -0.15) is 5.10 Å². The van der Waals surface area contributed by atoms with E-state index in [1.807, 2.05) is 30.3 Å². The van der Waals surface area contributed by atoms with Crippen molar-refractivity contribution >= 4 is 23.6 Å². The van der Waals surface area contributed by atoms with E-state index >= 15 is 0 Å². The lowest BCUT2D eigenvalue weighted by Gasteiger charge is -2.38. The summed E-state index contributed by atoms with van der Waals surface area (Å²) in [5.41, 5.74) is 6.01. The SMILES string of the molecule is COc1ccc(C=NNC(=O)C(=O)C=C2NC3(CCCC3)Cc3ccccc32)cc1. The zero-order valence-corrected chi connectivity index (χ0v) is 17.0. The topological polar surface area (TPSA) is 79.8 Å². The standard InChI is InChI=1S/C24H25N3O3/c1-30-19-10-8-17(9-11-19)16-25-27-23(29)22(28)14-21-20-7-3-2-6-18(20)15-24(26-21)12-4-5-13-24/h2-3,6-11,14,16,26H,4-5,12-13,15H2,1H3,(H,27,29). The normalized spacial score (nSPS) is 18.2. The van der Waals surface area contributed by atoms with Crippen LogP contribution in [0, 0.1) is 0 Å². The van der Waals surface area contributed by atoms with Gasteiger partial charge >= 0.3 is 5.91 Å². The first-order chi connectivity index (χ1) is 14.6. The van der Waals surface area contributed by atoms with Crippen LogP contribution in [0.1, 0.15) is 42.4 Å². The number of hydrogen-bond donors (Lipinski definition) is 2. The Morgan fingerprint density at radius 3 is 2.57 bits per heavy atom. The van der Waals surface area contributed by atoms with E-state index in [2.05, 4.69) is 21.9 Å². The summed E-state index contributed by atoms with van der Waals surface area (Å²) in [6, 6.07) is 15.3. The van der Waals surface area contributed by atoms with Crippen LogP contribution in [0.2, 0.25) is 0 Å². The van der Waals surface area contributed by atoms with E-state index in [1.54, 1.807) is 19.2 Å². The molecule has 2 aliphatic rings. The van der Waals surface area contributed by atoms with Crippen LogP contribution in [-0.2, 0) is 16.0 Å². The molecule has 30 heavy (non-hydrogen) atoms. The average Bonchev–Trinajstić information content (AvgIpc) is 3.21. The van der Waals surface area contributed by atoms with E-state index in [0.29, 0.717) is 0 Å². The highest BCUT2D eigenvalue weighted by Gasteiger charge is 2.38. The van der Waals surface area contributed by atoms with Gasteiger partial charge in [0.25, 0.3) is 0 Å². The molecule has 0 aromatic heterocycles. The lowest BCUT2D eigenvalue weighted by Crippen LogP contribution is -2.47. The molecule has 2 aromatic carbocycles. The Labute approximate surface area is 176 Å². The largest absolute Gasteiger partial charge is 0.497 e. The highest BCUT2D eigenvalue weighted by Crippen LogP contribution is 2.39. The number of ether oxygens (including phenoxy) is 1. The second kappa shape index (κ2) is 8.53. The molecule has 1 amide bonds. The Hall–Kier alpha value is -3.41. The van der Waals surface area contributed by atoms with Gasteiger partial charge in [0.1, 0.15) is 5.75 Å². The molecule has 6 nitrogen and oxygen atoms in total. The third-order valence-electron chi connectivity index (χ3n) is 5.79. The van der Waals surface area contributed by atoms with Crippen molar-refractivity contribution in [1.82, 2.24) is 10.7 Å². The van der Waals surface area contributed by atoms with E-state index in [0.717, 1.165) is 41.8 Å². The Balaban J connectivity index is 1.47. The third kappa shape index (κ3) is 4.27. The number of carbonyl (C=O) groups is 2. The molecule has 2 N–H and O–H groups in total. The monoisotopic (exact) mass is 403 g/mol. The van der Waals surface area contributed by atoms with E-state index in [9.17, 15) is 9.59 Å². The van der Waals surface area contributed by atoms with Crippen molar-refractivity contribution < 1.29 is 14.3 Å². The summed E-state index contributed by atoms with van der Waals surface area (Å²) in [6.45, 7) is 0. The maximum absolute atomic E-state index is 12.5. The average molecular weight is 403 g/mol. The minimum atomic E-state index is -0.766. The van der Waals surface area contributed by atoms with Crippen LogP contribution in [0.5, 0.6) is 5.75 Å². The van der Waals surface area contributed by atoms with Crippen molar-refractivity contribution in [2.45, 2.75) is 37.6 Å². The molecule has 0 saturated heterocycles. The number of hydrogen-bond acceptors (Lipinski definition) is 5. The number of carbonyl (C=O) groups excluding carboxylic acids is 2. The fourth-order valence-corrected chi connectivity index (χ4v) is 4.27.